The molecule has 140 valence electrons. The van der Waals surface area contributed by atoms with Crippen LogP contribution in [0, 0.1) is 11.7 Å². The van der Waals surface area contributed by atoms with Crippen molar-refractivity contribution in [1.29, 1.82) is 0 Å². The molecule has 0 saturated heterocycles. The molecule has 1 unspecified atom stereocenters. The van der Waals surface area contributed by atoms with E-state index in [0.29, 0.717) is 5.56 Å². The molecule has 0 aliphatic heterocycles. The largest absolute Gasteiger partial charge is 0.206 e. The predicted octanol–water partition coefficient (Wildman–Crippen LogP) is 7.92. The molecular formula is C26H29F. The van der Waals surface area contributed by atoms with E-state index in [-0.39, 0.29) is 5.82 Å². The highest BCUT2D eigenvalue weighted by atomic mass is 19.1. The van der Waals surface area contributed by atoms with Crippen molar-refractivity contribution in [3.05, 3.63) is 84.2 Å². The molecule has 0 aromatic heterocycles. The monoisotopic (exact) mass is 360 g/mol. The molecule has 1 atom stereocenters. The second-order valence-corrected chi connectivity index (χ2v) is 7.54. The van der Waals surface area contributed by atoms with E-state index in [2.05, 4.69) is 38.1 Å². The minimum Gasteiger partial charge on any atom is -0.206 e. The van der Waals surface area contributed by atoms with Crippen LogP contribution in [0.2, 0.25) is 0 Å². The summed E-state index contributed by atoms with van der Waals surface area (Å²) in [4.78, 5) is 0. The Morgan fingerprint density at radius 1 is 0.778 bits per heavy atom. The van der Waals surface area contributed by atoms with Crippen molar-refractivity contribution in [1.82, 2.24) is 0 Å². The Hall–Kier alpha value is -2.41. The minimum atomic E-state index is -0.173. The molecule has 0 bridgehead atoms. The van der Waals surface area contributed by atoms with Gasteiger partial charge in [0.05, 0.1) is 0 Å². The van der Waals surface area contributed by atoms with Gasteiger partial charge in [0.1, 0.15) is 5.82 Å². The Labute approximate surface area is 163 Å². The second kappa shape index (κ2) is 9.50. The van der Waals surface area contributed by atoms with Gasteiger partial charge in [-0.2, -0.15) is 0 Å². The van der Waals surface area contributed by atoms with E-state index >= 15 is 0 Å². The third-order valence-electron chi connectivity index (χ3n) is 5.28. The van der Waals surface area contributed by atoms with E-state index in [1.807, 2.05) is 42.5 Å². The molecule has 0 aliphatic carbocycles. The third-order valence-corrected chi connectivity index (χ3v) is 5.28. The van der Waals surface area contributed by atoms with Crippen LogP contribution in [-0.4, -0.2) is 0 Å². The summed E-state index contributed by atoms with van der Waals surface area (Å²) in [6.45, 7) is 4.60. The summed E-state index contributed by atoms with van der Waals surface area (Å²) in [7, 11) is 0. The Kier molecular flexibility index (Phi) is 6.81. The Morgan fingerprint density at radius 3 is 2.15 bits per heavy atom. The van der Waals surface area contributed by atoms with Gasteiger partial charge in [-0.05, 0) is 47.1 Å². The van der Waals surface area contributed by atoms with Crippen molar-refractivity contribution in [2.24, 2.45) is 5.92 Å². The maximum absolute atomic E-state index is 14.6. The van der Waals surface area contributed by atoms with Crippen LogP contribution in [0.1, 0.15) is 45.1 Å². The molecule has 0 amide bonds. The standard InChI is InChI=1S/C26H29F/c1-3-8-20(2)9-7-10-21-13-15-22(16-14-21)24-17-18-25(26(27)19-24)23-11-5-4-6-12-23/h4-6,11-20H,3,7-10H2,1-2H3. The topological polar surface area (TPSA) is 0 Å². The molecule has 0 N–H and O–H groups in total. The van der Waals surface area contributed by atoms with Crippen LogP contribution in [0.4, 0.5) is 4.39 Å². The number of hydrogen-bond acceptors (Lipinski definition) is 0. The summed E-state index contributed by atoms with van der Waals surface area (Å²) in [5.41, 5.74) is 4.92. The Balaban J connectivity index is 1.66. The first kappa shape index (κ1) is 19.4. The fourth-order valence-electron chi connectivity index (χ4n) is 3.70. The number of aryl methyl sites for hydroxylation is 1. The summed E-state index contributed by atoms with van der Waals surface area (Å²) >= 11 is 0. The van der Waals surface area contributed by atoms with Crippen LogP contribution in [0.3, 0.4) is 0 Å². The quantitative estimate of drug-likeness (QED) is 0.383. The molecule has 0 radical (unpaired) electrons. The molecule has 0 aliphatic rings. The van der Waals surface area contributed by atoms with Crippen LogP contribution in [0.5, 0.6) is 0 Å². The minimum absolute atomic E-state index is 0.173. The number of rotatable bonds is 8. The highest BCUT2D eigenvalue weighted by Crippen LogP contribution is 2.28. The molecule has 27 heavy (non-hydrogen) atoms. The Morgan fingerprint density at radius 2 is 1.48 bits per heavy atom. The fourth-order valence-corrected chi connectivity index (χ4v) is 3.70. The van der Waals surface area contributed by atoms with Gasteiger partial charge >= 0.3 is 0 Å². The van der Waals surface area contributed by atoms with Crippen LogP contribution in [0.15, 0.2) is 72.8 Å². The molecule has 0 nitrogen and oxygen atoms in total. The molecule has 1 heteroatoms. The van der Waals surface area contributed by atoms with Gasteiger partial charge < -0.3 is 0 Å². The molecular weight excluding hydrogens is 331 g/mol. The summed E-state index contributed by atoms with van der Waals surface area (Å²) in [6, 6.07) is 23.8. The zero-order valence-electron chi connectivity index (χ0n) is 16.4. The normalized spacial score (nSPS) is 12.1. The summed E-state index contributed by atoms with van der Waals surface area (Å²) in [5.74, 6) is 0.646. The van der Waals surface area contributed by atoms with E-state index in [0.717, 1.165) is 29.0 Å². The zero-order chi connectivity index (χ0) is 19.1. The van der Waals surface area contributed by atoms with Crippen molar-refractivity contribution in [2.45, 2.75) is 46.0 Å². The molecule has 0 fully saturated rings. The van der Waals surface area contributed by atoms with E-state index < -0.39 is 0 Å². The molecule has 3 aromatic rings. The van der Waals surface area contributed by atoms with Gasteiger partial charge in [0.15, 0.2) is 0 Å². The van der Waals surface area contributed by atoms with Crippen molar-refractivity contribution in [3.8, 4) is 22.3 Å². The highest BCUT2D eigenvalue weighted by molar-refractivity contribution is 5.71. The Bertz CT molecular complexity index is 834. The lowest BCUT2D eigenvalue weighted by Crippen LogP contribution is -1.95. The van der Waals surface area contributed by atoms with Crippen LogP contribution < -0.4 is 0 Å². The van der Waals surface area contributed by atoms with Gasteiger partial charge in [-0.3, -0.25) is 0 Å². The second-order valence-electron chi connectivity index (χ2n) is 7.54. The number of hydrogen-bond donors (Lipinski definition) is 0. The third kappa shape index (κ3) is 5.29. The average Bonchev–Trinajstić information content (AvgIpc) is 2.69. The van der Waals surface area contributed by atoms with Gasteiger partial charge in [-0.15, -0.1) is 0 Å². The van der Waals surface area contributed by atoms with Crippen molar-refractivity contribution in [3.63, 3.8) is 0 Å². The lowest BCUT2D eigenvalue weighted by atomic mass is 9.96. The average molecular weight is 361 g/mol. The molecule has 0 spiro atoms. The first-order valence-electron chi connectivity index (χ1n) is 10.1. The van der Waals surface area contributed by atoms with E-state index in [9.17, 15) is 4.39 Å². The molecule has 3 aromatic carbocycles. The first-order chi connectivity index (χ1) is 13.2. The van der Waals surface area contributed by atoms with E-state index in [1.54, 1.807) is 6.07 Å². The molecule has 3 rings (SSSR count). The first-order valence-corrected chi connectivity index (χ1v) is 10.1. The lowest BCUT2D eigenvalue weighted by molar-refractivity contribution is 0.469. The molecule has 0 heterocycles. The summed E-state index contributed by atoms with van der Waals surface area (Å²) in [6.07, 6.45) is 6.25. The SMILES string of the molecule is CCCC(C)CCCc1ccc(-c2ccc(-c3ccccc3)c(F)c2)cc1. The predicted molar refractivity (Wildman–Crippen MR) is 114 cm³/mol. The number of benzene rings is 3. The van der Waals surface area contributed by atoms with Crippen molar-refractivity contribution in [2.75, 3.05) is 0 Å². The zero-order valence-corrected chi connectivity index (χ0v) is 16.4. The summed E-state index contributed by atoms with van der Waals surface area (Å²) in [5, 5.41) is 0. The van der Waals surface area contributed by atoms with Crippen LogP contribution in [-0.2, 0) is 6.42 Å². The molecule has 0 saturated carbocycles. The maximum atomic E-state index is 14.6. The van der Waals surface area contributed by atoms with E-state index in [1.165, 1.54) is 31.2 Å². The highest BCUT2D eigenvalue weighted by Gasteiger charge is 2.07. The number of halogens is 1. The van der Waals surface area contributed by atoms with Crippen LogP contribution in [0.25, 0.3) is 22.3 Å². The van der Waals surface area contributed by atoms with Gasteiger partial charge in [-0.1, -0.05) is 99.8 Å². The fraction of sp³-hybridized carbons (Fsp3) is 0.308. The van der Waals surface area contributed by atoms with Gasteiger partial charge in [0, 0.05) is 5.56 Å². The smallest absolute Gasteiger partial charge is 0.131 e. The van der Waals surface area contributed by atoms with Gasteiger partial charge in [0.25, 0.3) is 0 Å². The van der Waals surface area contributed by atoms with Gasteiger partial charge in [-0.25, -0.2) is 4.39 Å². The maximum Gasteiger partial charge on any atom is 0.131 e. The van der Waals surface area contributed by atoms with E-state index in [4.69, 9.17) is 0 Å². The van der Waals surface area contributed by atoms with Gasteiger partial charge in [0.2, 0.25) is 0 Å². The van der Waals surface area contributed by atoms with Crippen LogP contribution >= 0.6 is 0 Å². The summed E-state index contributed by atoms with van der Waals surface area (Å²) < 4.78 is 14.6. The lowest BCUT2D eigenvalue weighted by Gasteiger charge is -2.10. The van der Waals surface area contributed by atoms with Crippen molar-refractivity contribution < 1.29 is 4.39 Å². The van der Waals surface area contributed by atoms with Crippen molar-refractivity contribution >= 4 is 0 Å².